The second-order valence-corrected chi connectivity index (χ2v) is 3.54. The summed E-state index contributed by atoms with van der Waals surface area (Å²) in [6.45, 7) is 2.20. The summed E-state index contributed by atoms with van der Waals surface area (Å²) < 4.78 is 9.52. The molecule has 0 aromatic heterocycles. The van der Waals surface area contributed by atoms with Crippen LogP contribution in [0.5, 0.6) is 11.5 Å². The van der Waals surface area contributed by atoms with Crippen molar-refractivity contribution in [3.8, 4) is 11.5 Å². The van der Waals surface area contributed by atoms with Gasteiger partial charge in [0, 0.05) is 0 Å². The largest absolute Gasteiger partial charge is 0.513 e. The fourth-order valence-electron chi connectivity index (χ4n) is 1.18. The molecule has 0 heterocycles. The van der Waals surface area contributed by atoms with Crippen molar-refractivity contribution in [1.82, 2.24) is 0 Å². The summed E-state index contributed by atoms with van der Waals surface area (Å²) in [6.07, 6.45) is 0.714. The normalized spacial score (nSPS) is 9.83. The topological polar surface area (TPSA) is 93.1 Å². The Bertz CT molecular complexity index is 440. The molecule has 1 aromatic rings. The average molecular weight is 254 g/mol. The molecule has 0 atom stereocenters. The molecule has 0 fully saturated rings. The Morgan fingerprint density at radius 1 is 1.33 bits per heavy atom. The minimum Gasteiger partial charge on any atom is -0.507 e. The van der Waals surface area contributed by atoms with Crippen LogP contribution in [0, 0.1) is 0 Å². The first-order valence-corrected chi connectivity index (χ1v) is 5.45. The number of carboxylic acid groups (broad SMARTS) is 1. The molecule has 0 spiro atoms. The zero-order valence-corrected chi connectivity index (χ0v) is 9.88. The van der Waals surface area contributed by atoms with Crippen LogP contribution < -0.4 is 4.74 Å². The Hall–Kier alpha value is -2.24. The van der Waals surface area contributed by atoms with Crippen LogP contribution in [0.2, 0.25) is 0 Å². The van der Waals surface area contributed by atoms with E-state index in [0.29, 0.717) is 0 Å². The van der Waals surface area contributed by atoms with Gasteiger partial charge in [-0.3, -0.25) is 0 Å². The minimum atomic E-state index is -1.31. The van der Waals surface area contributed by atoms with Crippen LogP contribution in [0.4, 0.5) is 4.79 Å². The van der Waals surface area contributed by atoms with Crippen molar-refractivity contribution in [2.45, 2.75) is 19.8 Å². The first kappa shape index (κ1) is 13.8. The summed E-state index contributed by atoms with van der Waals surface area (Å²) in [7, 11) is 0. The molecule has 6 nitrogen and oxygen atoms in total. The molecule has 18 heavy (non-hydrogen) atoms. The highest BCUT2D eigenvalue weighted by Crippen LogP contribution is 2.23. The SMILES string of the molecule is CCCCOC(=O)Oc1ccc(O)c(C(=O)O)c1. The predicted octanol–water partition coefficient (Wildman–Crippen LogP) is 2.41. The van der Waals surface area contributed by atoms with Gasteiger partial charge in [0.1, 0.15) is 17.1 Å². The van der Waals surface area contributed by atoms with Crippen LogP contribution in [-0.4, -0.2) is 28.9 Å². The van der Waals surface area contributed by atoms with E-state index in [4.69, 9.17) is 14.6 Å². The van der Waals surface area contributed by atoms with Crippen LogP contribution in [-0.2, 0) is 4.74 Å². The third-order valence-electron chi connectivity index (χ3n) is 2.12. The third-order valence-corrected chi connectivity index (χ3v) is 2.12. The molecule has 1 rings (SSSR count). The van der Waals surface area contributed by atoms with Crippen molar-refractivity contribution in [2.24, 2.45) is 0 Å². The van der Waals surface area contributed by atoms with Gasteiger partial charge in [0.25, 0.3) is 0 Å². The van der Waals surface area contributed by atoms with Crippen molar-refractivity contribution in [1.29, 1.82) is 0 Å². The first-order valence-electron chi connectivity index (χ1n) is 5.45. The maximum Gasteiger partial charge on any atom is 0.513 e. The van der Waals surface area contributed by atoms with Gasteiger partial charge in [-0.25, -0.2) is 9.59 Å². The van der Waals surface area contributed by atoms with Gasteiger partial charge in [-0.1, -0.05) is 13.3 Å². The molecule has 0 radical (unpaired) electrons. The molecule has 1 aromatic carbocycles. The number of unbranched alkanes of at least 4 members (excludes halogenated alkanes) is 1. The Morgan fingerprint density at radius 2 is 2.06 bits per heavy atom. The highest BCUT2D eigenvalue weighted by Gasteiger charge is 2.13. The second kappa shape index (κ2) is 6.48. The van der Waals surface area contributed by atoms with Gasteiger partial charge in [-0.05, 0) is 24.6 Å². The number of aromatic carboxylic acids is 1. The molecule has 0 aliphatic heterocycles. The van der Waals surface area contributed by atoms with Gasteiger partial charge in [0.2, 0.25) is 0 Å². The molecule has 98 valence electrons. The summed E-state index contributed by atoms with van der Waals surface area (Å²) in [5, 5.41) is 18.0. The molecule has 0 amide bonds. The number of phenols is 1. The number of hydrogen-bond acceptors (Lipinski definition) is 5. The maximum absolute atomic E-state index is 11.2. The van der Waals surface area contributed by atoms with Gasteiger partial charge in [0.15, 0.2) is 0 Å². The lowest BCUT2D eigenvalue weighted by Crippen LogP contribution is -2.11. The molecule has 0 aliphatic rings. The van der Waals surface area contributed by atoms with E-state index in [1.54, 1.807) is 0 Å². The van der Waals surface area contributed by atoms with Crippen molar-refractivity contribution in [3.63, 3.8) is 0 Å². The minimum absolute atomic E-state index is 0.00620. The first-order chi connectivity index (χ1) is 8.54. The number of rotatable bonds is 5. The summed E-state index contributed by atoms with van der Waals surface area (Å²) >= 11 is 0. The number of hydrogen-bond donors (Lipinski definition) is 2. The van der Waals surface area contributed by atoms with Crippen molar-refractivity contribution >= 4 is 12.1 Å². The van der Waals surface area contributed by atoms with Crippen molar-refractivity contribution < 1.29 is 29.3 Å². The number of carbonyl (C=O) groups is 2. The van der Waals surface area contributed by atoms with Gasteiger partial charge >= 0.3 is 12.1 Å². The van der Waals surface area contributed by atoms with E-state index in [-0.39, 0.29) is 17.9 Å². The lowest BCUT2D eigenvalue weighted by Gasteiger charge is -2.06. The highest BCUT2D eigenvalue weighted by molar-refractivity contribution is 5.91. The summed E-state index contributed by atoms with van der Waals surface area (Å²) in [5.74, 6) is -1.70. The highest BCUT2D eigenvalue weighted by atomic mass is 16.7. The van der Waals surface area contributed by atoms with E-state index >= 15 is 0 Å². The Labute approximate surface area is 104 Å². The molecule has 2 N–H and O–H groups in total. The zero-order valence-electron chi connectivity index (χ0n) is 9.88. The number of benzene rings is 1. The molecule has 0 aliphatic carbocycles. The van der Waals surface area contributed by atoms with Gasteiger partial charge in [-0.15, -0.1) is 0 Å². The smallest absolute Gasteiger partial charge is 0.507 e. The summed E-state index contributed by atoms with van der Waals surface area (Å²) in [5.41, 5.74) is -0.339. The van der Waals surface area contributed by atoms with Crippen LogP contribution >= 0.6 is 0 Å². The maximum atomic E-state index is 11.2. The molecule has 0 saturated carbocycles. The van der Waals surface area contributed by atoms with Crippen molar-refractivity contribution in [3.05, 3.63) is 23.8 Å². The predicted molar refractivity (Wildman–Crippen MR) is 62.0 cm³/mol. The van der Waals surface area contributed by atoms with Crippen LogP contribution in [0.15, 0.2) is 18.2 Å². The van der Waals surface area contributed by atoms with E-state index < -0.39 is 17.9 Å². The monoisotopic (exact) mass is 254 g/mol. The van der Waals surface area contributed by atoms with E-state index in [9.17, 15) is 14.7 Å². The van der Waals surface area contributed by atoms with Gasteiger partial charge in [-0.2, -0.15) is 0 Å². The number of ether oxygens (including phenoxy) is 2. The van der Waals surface area contributed by atoms with Gasteiger partial charge < -0.3 is 19.7 Å². The van der Waals surface area contributed by atoms with Crippen molar-refractivity contribution in [2.75, 3.05) is 6.61 Å². The Kier molecular flexibility index (Phi) is 4.98. The number of aromatic hydroxyl groups is 1. The molecule has 0 unspecified atom stereocenters. The van der Waals surface area contributed by atoms with Crippen LogP contribution in [0.25, 0.3) is 0 Å². The molecular formula is C12H14O6. The Morgan fingerprint density at radius 3 is 2.67 bits per heavy atom. The van der Waals surface area contributed by atoms with E-state index in [0.717, 1.165) is 25.0 Å². The number of carboxylic acids is 1. The van der Waals surface area contributed by atoms with E-state index in [2.05, 4.69) is 0 Å². The summed E-state index contributed by atoms with van der Waals surface area (Å²) in [6, 6.07) is 3.47. The lowest BCUT2D eigenvalue weighted by atomic mass is 10.2. The van der Waals surface area contributed by atoms with E-state index in [1.165, 1.54) is 6.07 Å². The lowest BCUT2D eigenvalue weighted by molar-refractivity contribution is 0.0691. The third kappa shape index (κ3) is 3.97. The molecule has 6 heteroatoms. The van der Waals surface area contributed by atoms with Crippen LogP contribution in [0.3, 0.4) is 0 Å². The average Bonchev–Trinajstić information content (AvgIpc) is 2.31. The molecule has 0 bridgehead atoms. The van der Waals surface area contributed by atoms with Gasteiger partial charge in [0.05, 0.1) is 6.61 Å². The summed E-state index contributed by atoms with van der Waals surface area (Å²) in [4.78, 5) is 21.9. The Balaban J connectivity index is 2.65. The quantitative estimate of drug-likeness (QED) is 0.476. The zero-order chi connectivity index (χ0) is 13.5. The van der Waals surface area contributed by atoms with Crippen LogP contribution in [0.1, 0.15) is 30.1 Å². The number of carbonyl (C=O) groups excluding carboxylic acids is 1. The van der Waals surface area contributed by atoms with E-state index in [1.807, 2.05) is 6.92 Å². The molecular weight excluding hydrogens is 240 g/mol. The standard InChI is InChI=1S/C12H14O6/c1-2-3-6-17-12(16)18-8-4-5-10(13)9(7-8)11(14)15/h4-5,7,13H,2-3,6H2,1H3,(H,14,15). The fraction of sp³-hybridized carbons (Fsp3) is 0.333. The fourth-order valence-corrected chi connectivity index (χ4v) is 1.18. The molecule has 0 saturated heterocycles. The second-order valence-electron chi connectivity index (χ2n) is 3.54.